The van der Waals surface area contributed by atoms with Crippen LogP contribution in [-0.4, -0.2) is 20.4 Å². The van der Waals surface area contributed by atoms with Crippen LogP contribution in [0.3, 0.4) is 0 Å². The van der Waals surface area contributed by atoms with Crippen molar-refractivity contribution in [3.05, 3.63) is 17.6 Å². The van der Waals surface area contributed by atoms with Crippen molar-refractivity contribution in [2.75, 3.05) is 0 Å². The van der Waals surface area contributed by atoms with Crippen LogP contribution in [0.25, 0.3) is 0 Å². The van der Waals surface area contributed by atoms with E-state index in [1.54, 1.807) is 0 Å². The number of hydrogen-bond acceptors (Lipinski definition) is 4. The van der Waals surface area contributed by atoms with Crippen LogP contribution in [0.5, 0.6) is 0 Å². The van der Waals surface area contributed by atoms with Crippen LogP contribution < -0.4 is 5.32 Å². The molecule has 1 aromatic heterocycles. The summed E-state index contributed by atoms with van der Waals surface area (Å²) in [6, 6.07) is 1.23. The second kappa shape index (κ2) is 5.17. The Bertz CT molecular complexity index is 589. The molecule has 19 heavy (non-hydrogen) atoms. The third-order valence-corrected chi connectivity index (χ3v) is 5.00. The molecule has 1 amide bonds. The van der Waals surface area contributed by atoms with Gasteiger partial charge in [0, 0.05) is 22.8 Å². The first-order chi connectivity index (χ1) is 8.79. The molecule has 1 aliphatic rings. The van der Waals surface area contributed by atoms with E-state index in [2.05, 4.69) is 5.32 Å². The number of rotatable bonds is 4. The van der Waals surface area contributed by atoms with Crippen LogP contribution >= 0.6 is 10.7 Å². The molecule has 0 aromatic carbocycles. The van der Waals surface area contributed by atoms with E-state index in [0.29, 0.717) is 5.92 Å². The van der Waals surface area contributed by atoms with Crippen molar-refractivity contribution in [2.24, 2.45) is 5.92 Å². The van der Waals surface area contributed by atoms with E-state index in [-0.39, 0.29) is 22.5 Å². The topological polar surface area (TPSA) is 76.4 Å². The van der Waals surface area contributed by atoms with Gasteiger partial charge in [0.1, 0.15) is 10.7 Å². The highest BCUT2D eigenvalue weighted by Crippen LogP contribution is 2.29. The molecule has 2 rings (SSSR count). The summed E-state index contributed by atoms with van der Waals surface area (Å²) in [6.07, 6.45) is 3.42. The van der Waals surface area contributed by atoms with Gasteiger partial charge >= 0.3 is 0 Å². The predicted octanol–water partition coefficient (Wildman–Crippen LogP) is 2.43. The lowest BCUT2D eigenvalue weighted by atomic mass is 9.80. The molecule has 106 valence electrons. The fourth-order valence-electron chi connectivity index (χ4n) is 2.15. The van der Waals surface area contributed by atoms with Crippen LogP contribution in [0, 0.1) is 12.8 Å². The summed E-state index contributed by atoms with van der Waals surface area (Å²) in [5.41, 5.74) is 0. The summed E-state index contributed by atoms with van der Waals surface area (Å²) in [4.78, 5) is 11.8. The van der Waals surface area contributed by atoms with E-state index in [1.165, 1.54) is 19.4 Å². The summed E-state index contributed by atoms with van der Waals surface area (Å²) >= 11 is 0. The third-order valence-electron chi connectivity index (χ3n) is 3.57. The largest absolute Gasteiger partial charge is 0.455 e. The zero-order valence-corrected chi connectivity index (χ0v) is 12.3. The summed E-state index contributed by atoms with van der Waals surface area (Å²) in [7, 11) is 1.36. The number of halogens is 1. The Balaban J connectivity index is 2.11. The zero-order chi connectivity index (χ0) is 14.2. The molecule has 0 radical (unpaired) electrons. The smallest absolute Gasteiger partial charge is 0.287 e. The van der Waals surface area contributed by atoms with Crippen molar-refractivity contribution >= 4 is 25.6 Å². The standard InChI is InChI=1S/C12H16ClNO4S/c1-7(9-4-3-5-9)14-12(15)10-6-11(8(2)18-10)19(13,16)17/h6-7,9H,3-5H2,1-2H3,(H,14,15). The maximum absolute atomic E-state index is 11.9. The Labute approximate surface area is 116 Å². The number of carbonyl (C=O) groups excluding carboxylic acids is 1. The Morgan fingerprint density at radius 3 is 2.58 bits per heavy atom. The molecule has 1 atom stereocenters. The van der Waals surface area contributed by atoms with Gasteiger partial charge in [-0.05, 0) is 32.6 Å². The van der Waals surface area contributed by atoms with Gasteiger partial charge in [0.15, 0.2) is 5.76 Å². The average Bonchev–Trinajstić information content (AvgIpc) is 2.56. The summed E-state index contributed by atoms with van der Waals surface area (Å²) < 4.78 is 27.7. The van der Waals surface area contributed by atoms with Crippen LogP contribution in [0.15, 0.2) is 15.4 Å². The molecule has 1 fully saturated rings. The van der Waals surface area contributed by atoms with E-state index in [1.807, 2.05) is 6.92 Å². The van der Waals surface area contributed by atoms with E-state index in [0.717, 1.165) is 12.8 Å². The SMILES string of the molecule is Cc1oc(C(=O)NC(C)C2CCC2)cc1S(=O)(=O)Cl. The lowest BCUT2D eigenvalue weighted by Crippen LogP contribution is -2.40. The minimum Gasteiger partial charge on any atom is -0.455 e. The number of nitrogens with one attached hydrogen (secondary N) is 1. The Morgan fingerprint density at radius 2 is 2.16 bits per heavy atom. The van der Waals surface area contributed by atoms with E-state index < -0.39 is 15.0 Å². The number of amides is 1. The van der Waals surface area contributed by atoms with Gasteiger partial charge in [0.2, 0.25) is 0 Å². The van der Waals surface area contributed by atoms with Crippen LogP contribution in [0.4, 0.5) is 0 Å². The lowest BCUT2D eigenvalue weighted by molar-refractivity contribution is 0.0880. The molecule has 1 heterocycles. The molecule has 1 aliphatic carbocycles. The van der Waals surface area contributed by atoms with E-state index >= 15 is 0 Å². The number of aryl methyl sites for hydroxylation is 1. The Morgan fingerprint density at radius 1 is 1.53 bits per heavy atom. The minimum absolute atomic E-state index is 0.0251. The number of carbonyl (C=O) groups is 1. The van der Waals surface area contributed by atoms with Crippen LogP contribution in [-0.2, 0) is 9.05 Å². The summed E-state index contributed by atoms with van der Waals surface area (Å²) in [5.74, 6) is 0.185. The predicted molar refractivity (Wildman–Crippen MR) is 70.8 cm³/mol. The van der Waals surface area contributed by atoms with Crippen molar-refractivity contribution < 1.29 is 17.6 Å². The van der Waals surface area contributed by atoms with E-state index in [9.17, 15) is 13.2 Å². The first-order valence-electron chi connectivity index (χ1n) is 6.15. The number of furan rings is 1. The fraction of sp³-hybridized carbons (Fsp3) is 0.583. The molecule has 0 aliphatic heterocycles. The molecule has 7 heteroatoms. The minimum atomic E-state index is -3.89. The first kappa shape index (κ1) is 14.4. The molecule has 1 aromatic rings. The van der Waals surface area contributed by atoms with Crippen LogP contribution in [0.1, 0.15) is 42.5 Å². The van der Waals surface area contributed by atoms with Gasteiger partial charge in [0.05, 0.1) is 0 Å². The highest BCUT2D eigenvalue weighted by molar-refractivity contribution is 8.13. The molecule has 1 saturated carbocycles. The highest BCUT2D eigenvalue weighted by atomic mass is 35.7. The van der Waals surface area contributed by atoms with Crippen LogP contribution in [0.2, 0.25) is 0 Å². The summed E-state index contributed by atoms with van der Waals surface area (Å²) in [5, 5.41) is 2.82. The second-order valence-electron chi connectivity index (χ2n) is 4.92. The molecule has 5 nitrogen and oxygen atoms in total. The molecule has 1 unspecified atom stereocenters. The van der Waals surface area contributed by atoms with Gasteiger partial charge in [-0.3, -0.25) is 4.79 Å². The molecule has 0 bridgehead atoms. The second-order valence-corrected chi connectivity index (χ2v) is 7.46. The van der Waals surface area contributed by atoms with Crippen molar-refractivity contribution in [3.8, 4) is 0 Å². The van der Waals surface area contributed by atoms with Gasteiger partial charge < -0.3 is 9.73 Å². The lowest BCUT2D eigenvalue weighted by Gasteiger charge is -2.31. The van der Waals surface area contributed by atoms with Gasteiger partial charge in [0.25, 0.3) is 15.0 Å². The van der Waals surface area contributed by atoms with Crippen molar-refractivity contribution in [2.45, 2.75) is 44.0 Å². The Hall–Kier alpha value is -1.01. The van der Waals surface area contributed by atoms with Gasteiger partial charge in [-0.1, -0.05) is 6.42 Å². The maximum atomic E-state index is 11.9. The Kier molecular flexibility index (Phi) is 3.92. The molecule has 1 N–H and O–H groups in total. The van der Waals surface area contributed by atoms with Gasteiger partial charge in [-0.25, -0.2) is 8.42 Å². The zero-order valence-electron chi connectivity index (χ0n) is 10.8. The monoisotopic (exact) mass is 305 g/mol. The van der Waals surface area contributed by atoms with E-state index in [4.69, 9.17) is 15.1 Å². The average molecular weight is 306 g/mol. The summed E-state index contributed by atoms with van der Waals surface area (Å²) in [6.45, 7) is 3.40. The third kappa shape index (κ3) is 3.12. The molecular formula is C12H16ClNO4S. The molecule has 0 saturated heterocycles. The van der Waals surface area contributed by atoms with Gasteiger partial charge in [-0.2, -0.15) is 0 Å². The van der Waals surface area contributed by atoms with Crippen molar-refractivity contribution in [1.29, 1.82) is 0 Å². The normalized spacial score (nSPS) is 17.8. The van der Waals surface area contributed by atoms with Gasteiger partial charge in [-0.15, -0.1) is 0 Å². The quantitative estimate of drug-likeness (QED) is 0.867. The first-order valence-corrected chi connectivity index (χ1v) is 8.46. The van der Waals surface area contributed by atoms with Crippen molar-refractivity contribution in [3.63, 3.8) is 0 Å². The molecule has 0 spiro atoms. The number of hydrogen-bond donors (Lipinski definition) is 1. The highest BCUT2D eigenvalue weighted by Gasteiger charge is 2.27. The fourth-order valence-corrected chi connectivity index (χ4v) is 3.25. The van der Waals surface area contributed by atoms with Crippen molar-refractivity contribution in [1.82, 2.24) is 5.32 Å². The maximum Gasteiger partial charge on any atom is 0.287 e. The molecular weight excluding hydrogens is 290 g/mol.